The van der Waals surface area contributed by atoms with Crippen molar-refractivity contribution in [1.82, 2.24) is 9.97 Å². The fourth-order valence-corrected chi connectivity index (χ4v) is 2.76. The highest BCUT2D eigenvalue weighted by Gasteiger charge is 2.30. The number of hydrogen-bond acceptors (Lipinski definition) is 5. The lowest BCUT2D eigenvalue weighted by Crippen LogP contribution is -2.38. The summed E-state index contributed by atoms with van der Waals surface area (Å²) < 4.78 is 11.2. The monoisotopic (exact) mass is 249 g/mol. The van der Waals surface area contributed by atoms with Gasteiger partial charge >= 0.3 is 0 Å². The Balaban J connectivity index is 1.61. The van der Waals surface area contributed by atoms with Crippen molar-refractivity contribution in [3.8, 4) is 0 Å². The predicted octanol–water partition coefficient (Wildman–Crippen LogP) is 1.37. The molecule has 2 fully saturated rings. The molecule has 0 N–H and O–H groups in total. The van der Waals surface area contributed by atoms with Gasteiger partial charge in [0.05, 0.1) is 13.2 Å². The van der Waals surface area contributed by atoms with E-state index in [0.717, 1.165) is 50.5 Å². The van der Waals surface area contributed by atoms with Gasteiger partial charge in [-0.25, -0.2) is 9.97 Å². The highest BCUT2D eigenvalue weighted by Crippen LogP contribution is 2.28. The lowest BCUT2D eigenvalue weighted by molar-refractivity contribution is -0.0889. The average molecular weight is 249 g/mol. The number of nitrogens with zero attached hydrogens (tertiary/aromatic N) is 3. The molecule has 2 aliphatic heterocycles. The van der Waals surface area contributed by atoms with E-state index in [1.807, 2.05) is 6.20 Å². The number of piperidine rings is 1. The summed E-state index contributed by atoms with van der Waals surface area (Å²) in [5.41, 5.74) is 1.14. The van der Waals surface area contributed by atoms with Gasteiger partial charge in [0.2, 0.25) is 0 Å². The van der Waals surface area contributed by atoms with Crippen LogP contribution in [0, 0.1) is 12.8 Å². The van der Waals surface area contributed by atoms with Gasteiger partial charge in [0.1, 0.15) is 12.1 Å². The Kier molecular flexibility index (Phi) is 3.43. The van der Waals surface area contributed by atoms with Gasteiger partial charge in [-0.1, -0.05) is 0 Å². The Hall–Kier alpha value is -1.20. The summed E-state index contributed by atoms with van der Waals surface area (Å²) in [6, 6.07) is 0. The van der Waals surface area contributed by atoms with E-state index in [1.54, 1.807) is 6.33 Å². The molecule has 0 aromatic carbocycles. The van der Waals surface area contributed by atoms with Crippen molar-refractivity contribution in [2.75, 3.05) is 31.2 Å². The summed E-state index contributed by atoms with van der Waals surface area (Å²) >= 11 is 0. The van der Waals surface area contributed by atoms with Crippen LogP contribution in [0.15, 0.2) is 12.5 Å². The van der Waals surface area contributed by atoms with E-state index in [1.165, 1.54) is 0 Å². The minimum Gasteiger partial charge on any atom is -0.356 e. The van der Waals surface area contributed by atoms with Crippen molar-refractivity contribution >= 4 is 5.82 Å². The van der Waals surface area contributed by atoms with Crippen LogP contribution in [0.5, 0.6) is 0 Å². The lowest BCUT2D eigenvalue weighted by Gasteiger charge is -2.35. The summed E-state index contributed by atoms with van der Waals surface area (Å²) in [6.07, 6.45) is 5.73. The second kappa shape index (κ2) is 5.20. The molecule has 18 heavy (non-hydrogen) atoms. The van der Waals surface area contributed by atoms with E-state index in [-0.39, 0.29) is 6.29 Å². The van der Waals surface area contributed by atoms with Gasteiger partial charge in [0.25, 0.3) is 0 Å². The van der Waals surface area contributed by atoms with E-state index in [4.69, 9.17) is 9.47 Å². The minimum atomic E-state index is 0.0265. The van der Waals surface area contributed by atoms with E-state index in [0.29, 0.717) is 5.92 Å². The predicted molar refractivity (Wildman–Crippen MR) is 67.4 cm³/mol. The van der Waals surface area contributed by atoms with Crippen LogP contribution in [0.4, 0.5) is 5.82 Å². The third-order valence-corrected chi connectivity index (χ3v) is 3.74. The van der Waals surface area contributed by atoms with E-state index in [9.17, 15) is 0 Å². The standard InChI is InChI=1S/C13H19N3O2/c1-10-8-14-9-15-12(10)16-4-2-11(3-5-16)13-17-6-7-18-13/h8-9,11,13H,2-7H2,1H3. The molecule has 0 unspecified atom stereocenters. The van der Waals surface area contributed by atoms with Crippen molar-refractivity contribution in [2.45, 2.75) is 26.1 Å². The van der Waals surface area contributed by atoms with Crippen LogP contribution >= 0.6 is 0 Å². The summed E-state index contributed by atoms with van der Waals surface area (Å²) in [5, 5.41) is 0. The summed E-state index contributed by atoms with van der Waals surface area (Å²) in [5.74, 6) is 1.60. The van der Waals surface area contributed by atoms with Crippen LogP contribution in [0.25, 0.3) is 0 Å². The molecule has 2 aliphatic rings. The minimum absolute atomic E-state index is 0.0265. The number of rotatable bonds is 2. The van der Waals surface area contributed by atoms with Crippen LogP contribution in [-0.2, 0) is 9.47 Å². The maximum absolute atomic E-state index is 5.59. The van der Waals surface area contributed by atoms with Gasteiger partial charge in [-0.05, 0) is 19.8 Å². The fourth-order valence-electron chi connectivity index (χ4n) is 2.76. The molecule has 1 aromatic heterocycles. The lowest BCUT2D eigenvalue weighted by atomic mass is 9.96. The maximum Gasteiger partial charge on any atom is 0.160 e. The maximum atomic E-state index is 5.59. The second-order valence-corrected chi connectivity index (χ2v) is 4.96. The van der Waals surface area contributed by atoms with Gasteiger partial charge in [-0.3, -0.25) is 0 Å². The van der Waals surface area contributed by atoms with Crippen LogP contribution in [0.2, 0.25) is 0 Å². The van der Waals surface area contributed by atoms with Crippen LogP contribution in [0.3, 0.4) is 0 Å². The van der Waals surface area contributed by atoms with Crippen molar-refractivity contribution in [3.63, 3.8) is 0 Å². The van der Waals surface area contributed by atoms with E-state index >= 15 is 0 Å². The number of anilines is 1. The molecule has 5 heteroatoms. The van der Waals surface area contributed by atoms with Crippen molar-refractivity contribution in [2.24, 2.45) is 5.92 Å². The van der Waals surface area contributed by atoms with Crippen LogP contribution in [-0.4, -0.2) is 42.6 Å². The first-order valence-corrected chi connectivity index (χ1v) is 6.59. The number of aromatic nitrogens is 2. The topological polar surface area (TPSA) is 47.5 Å². The van der Waals surface area contributed by atoms with E-state index in [2.05, 4.69) is 21.8 Å². The van der Waals surface area contributed by atoms with Crippen molar-refractivity contribution < 1.29 is 9.47 Å². The molecule has 0 bridgehead atoms. The fraction of sp³-hybridized carbons (Fsp3) is 0.692. The second-order valence-electron chi connectivity index (χ2n) is 4.96. The molecule has 1 aromatic rings. The third-order valence-electron chi connectivity index (χ3n) is 3.74. The van der Waals surface area contributed by atoms with Gasteiger partial charge in [0.15, 0.2) is 6.29 Å². The highest BCUT2D eigenvalue weighted by atomic mass is 16.7. The Labute approximate surface area is 107 Å². The highest BCUT2D eigenvalue weighted by molar-refractivity contribution is 5.44. The molecule has 0 amide bonds. The van der Waals surface area contributed by atoms with Gasteiger partial charge in [-0.2, -0.15) is 0 Å². The largest absolute Gasteiger partial charge is 0.356 e. The molecule has 5 nitrogen and oxygen atoms in total. The summed E-state index contributed by atoms with van der Waals surface area (Å²) in [6.45, 7) is 5.59. The zero-order chi connectivity index (χ0) is 12.4. The number of aryl methyl sites for hydroxylation is 1. The Morgan fingerprint density at radius 3 is 2.61 bits per heavy atom. The zero-order valence-electron chi connectivity index (χ0n) is 10.7. The molecular weight excluding hydrogens is 230 g/mol. The van der Waals surface area contributed by atoms with Crippen molar-refractivity contribution in [1.29, 1.82) is 0 Å². The quantitative estimate of drug-likeness (QED) is 0.792. The van der Waals surface area contributed by atoms with Gasteiger partial charge < -0.3 is 14.4 Å². The SMILES string of the molecule is Cc1cncnc1N1CCC(C2OCCO2)CC1. The number of hydrogen-bond donors (Lipinski definition) is 0. The molecule has 3 rings (SSSR count). The normalized spacial score (nSPS) is 22.6. The molecule has 0 saturated carbocycles. The first-order chi connectivity index (χ1) is 8.84. The molecule has 0 spiro atoms. The molecule has 0 atom stereocenters. The van der Waals surface area contributed by atoms with Crippen molar-refractivity contribution in [3.05, 3.63) is 18.1 Å². The summed E-state index contributed by atoms with van der Waals surface area (Å²) in [7, 11) is 0. The Bertz CT molecular complexity index is 399. The molecule has 98 valence electrons. The zero-order valence-corrected chi connectivity index (χ0v) is 10.7. The molecular formula is C13H19N3O2. The molecule has 3 heterocycles. The first kappa shape index (κ1) is 11.9. The molecule has 2 saturated heterocycles. The Morgan fingerprint density at radius 1 is 1.22 bits per heavy atom. The van der Waals surface area contributed by atoms with Gasteiger partial charge in [-0.15, -0.1) is 0 Å². The van der Waals surface area contributed by atoms with Gasteiger partial charge in [0, 0.05) is 30.8 Å². The van der Waals surface area contributed by atoms with E-state index < -0.39 is 0 Å². The molecule has 0 radical (unpaired) electrons. The average Bonchev–Trinajstić information content (AvgIpc) is 2.94. The van der Waals surface area contributed by atoms with Crippen LogP contribution in [0.1, 0.15) is 18.4 Å². The Morgan fingerprint density at radius 2 is 1.94 bits per heavy atom. The summed E-state index contributed by atoms with van der Waals surface area (Å²) in [4.78, 5) is 10.8. The molecule has 0 aliphatic carbocycles. The third kappa shape index (κ3) is 2.33. The van der Waals surface area contributed by atoms with Crippen LogP contribution < -0.4 is 4.90 Å². The first-order valence-electron chi connectivity index (χ1n) is 6.59. The smallest absolute Gasteiger partial charge is 0.160 e. The number of ether oxygens (including phenoxy) is 2.